The van der Waals surface area contributed by atoms with Crippen LogP contribution in [-0.4, -0.2) is 0 Å². The summed E-state index contributed by atoms with van der Waals surface area (Å²) in [6.45, 7) is 0. The number of rotatable bonds is 9. The Morgan fingerprint density at radius 1 is 0.500 bits per heavy atom. The minimum absolute atomic E-state index is 0.311. The van der Waals surface area contributed by atoms with Gasteiger partial charge in [0.25, 0.3) is 0 Å². The molecule has 1 unspecified atom stereocenters. The monoisotopic (exact) mass is 850 g/mol. The molecule has 13 rings (SSSR count). The van der Waals surface area contributed by atoms with Crippen molar-refractivity contribution >= 4 is 49.9 Å². The molecule has 0 radical (unpaired) electrons. The summed E-state index contributed by atoms with van der Waals surface area (Å²) >= 11 is 0. The Kier molecular flexibility index (Phi) is 9.30. The summed E-state index contributed by atoms with van der Waals surface area (Å²) in [5.74, 6) is 2.55. The second-order valence-electron chi connectivity index (χ2n) is 18.7. The number of fused-ring (bicyclic) bond motifs is 3. The molecule has 8 aromatic carbocycles. The van der Waals surface area contributed by atoms with Crippen molar-refractivity contribution in [1.29, 1.82) is 0 Å². The molecule has 8 aromatic rings. The molecule has 4 aliphatic carbocycles. The Bertz CT molecular complexity index is 3270. The van der Waals surface area contributed by atoms with Gasteiger partial charge in [0.1, 0.15) is 11.5 Å². The number of hydrogen-bond acceptors (Lipinski definition) is 3. The summed E-state index contributed by atoms with van der Waals surface area (Å²) < 4.78 is 7.14. The molecule has 5 aliphatic rings. The first kappa shape index (κ1) is 38.8. The quantitative estimate of drug-likeness (QED) is 0.144. The van der Waals surface area contributed by atoms with Crippen molar-refractivity contribution in [3.8, 4) is 28.0 Å². The van der Waals surface area contributed by atoms with E-state index in [2.05, 4.69) is 222 Å². The molecule has 318 valence electrons. The van der Waals surface area contributed by atoms with Crippen LogP contribution in [0.4, 0.5) is 22.7 Å². The molecule has 3 heteroatoms. The van der Waals surface area contributed by atoms with Crippen molar-refractivity contribution in [3.63, 3.8) is 0 Å². The van der Waals surface area contributed by atoms with Crippen molar-refractivity contribution < 1.29 is 4.74 Å². The van der Waals surface area contributed by atoms with Gasteiger partial charge in [-0.3, -0.25) is 0 Å². The van der Waals surface area contributed by atoms with E-state index in [9.17, 15) is 0 Å². The second-order valence-corrected chi connectivity index (χ2v) is 18.7. The Morgan fingerprint density at radius 2 is 1.14 bits per heavy atom. The minimum Gasteiger partial charge on any atom is -0.460 e. The normalized spacial score (nSPS) is 19.3. The maximum Gasteiger partial charge on any atom is 0.137 e. The average molecular weight is 851 g/mol. The van der Waals surface area contributed by atoms with Gasteiger partial charge in [-0.25, -0.2) is 0 Å². The summed E-state index contributed by atoms with van der Waals surface area (Å²) in [7, 11) is 0. The molecule has 0 saturated heterocycles. The first-order valence-corrected chi connectivity index (χ1v) is 23.8. The van der Waals surface area contributed by atoms with Gasteiger partial charge in [-0.2, -0.15) is 0 Å². The van der Waals surface area contributed by atoms with Crippen LogP contribution in [0.5, 0.6) is 5.75 Å². The maximum atomic E-state index is 7.14. The topological polar surface area (TPSA) is 15.7 Å². The highest BCUT2D eigenvalue weighted by Crippen LogP contribution is 2.66. The fourth-order valence-corrected chi connectivity index (χ4v) is 11.4. The van der Waals surface area contributed by atoms with E-state index >= 15 is 0 Å². The molecule has 0 N–H and O–H groups in total. The third-order valence-corrected chi connectivity index (χ3v) is 14.9. The first-order chi connectivity index (χ1) is 32.6. The van der Waals surface area contributed by atoms with E-state index < -0.39 is 0 Å². The molecular formula is C63H50N2O. The number of nitrogens with zero attached hydrogens (tertiary/aromatic N) is 2. The fourth-order valence-electron chi connectivity index (χ4n) is 11.4. The van der Waals surface area contributed by atoms with Gasteiger partial charge < -0.3 is 14.5 Å². The highest BCUT2D eigenvalue weighted by molar-refractivity contribution is 6.05. The number of allylic oxidation sites excluding steroid dienone is 10. The predicted octanol–water partition coefficient (Wildman–Crippen LogP) is 17.0. The van der Waals surface area contributed by atoms with E-state index in [1.165, 1.54) is 91.3 Å². The standard InChI is InChI=1S/C63H50N2O/c1-4-13-43(14-5-1)46-23-28-52(29-24-46)64(53-30-25-47(26-31-53)44-15-6-2-7-16-44)55-33-34-60-59(40-55)58-22-12-19-49-38-57(41-61(66-60)62(49)58)65(54-32-27-45-17-10-11-18-48(45)37-54)56-35-36-63(42-51(63)39-56)50-20-8-3-9-21-50/h1-2,4-8,10-32,37-41,51H,3,9,33-36,42H2/t51-,63?/m1/s1. The molecule has 1 aliphatic heterocycles. The zero-order valence-corrected chi connectivity index (χ0v) is 37.0. The van der Waals surface area contributed by atoms with Gasteiger partial charge in [-0.05, 0) is 143 Å². The van der Waals surface area contributed by atoms with Crippen LogP contribution in [0.25, 0.3) is 49.4 Å². The Labute approximate surface area is 387 Å². The molecule has 66 heavy (non-hydrogen) atoms. The molecule has 1 saturated carbocycles. The van der Waals surface area contributed by atoms with Crippen LogP contribution in [0, 0.1) is 11.3 Å². The summed E-state index contributed by atoms with van der Waals surface area (Å²) in [5.41, 5.74) is 16.4. The molecular weight excluding hydrogens is 801 g/mol. The van der Waals surface area contributed by atoms with Crippen LogP contribution in [0.15, 0.2) is 235 Å². The first-order valence-electron chi connectivity index (χ1n) is 23.8. The molecule has 1 fully saturated rings. The molecule has 0 amide bonds. The Hall–Kier alpha value is -7.62. The molecule has 3 nitrogen and oxygen atoms in total. The fraction of sp³-hybridized carbons (Fsp3) is 0.143. The van der Waals surface area contributed by atoms with Gasteiger partial charge in [0.15, 0.2) is 0 Å². The average Bonchev–Trinajstić information content (AvgIpc) is 4.13. The largest absolute Gasteiger partial charge is 0.460 e. The SMILES string of the molecule is C1=CC(C23CCC(N(c4ccc5ccccc5c4)c4cc5c6c(cccc6c4)C4=C(CCC(N(c6ccc(-c7ccccc7)cc6)c6ccc(-c7ccccc7)cc6)=C4)O5)=C[C@@H]2C3)=CCC1. The molecule has 0 spiro atoms. The summed E-state index contributed by atoms with van der Waals surface area (Å²) in [6, 6.07) is 66.5. The molecule has 2 atom stereocenters. The summed E-state index contributed by atoms with van der Waals surface area (Å²) in [6.07, 6.45) is 19.8. The van der Waals surface area contributed by atoms with Crippen molar-refractivity contribution in [1.82, 2.24) is 0 Å². The zero-order chi connectivity index (χ0) is 43.6. The van der Waals surface area contributed by atoms with Crippen LogP contribution in [0.3, 0.4) is 0 Å². The van der Waals surface area contributed by atoms with E-state index in [1.54, 1.807) is 5.57 Å². The predicted molar refractivity (Wildman–Crippen MR) is 275 cm³/mol. The van der Waals surface area contributed by atoms with E-state index in [4.69, 9.17) is 4.74 Å². The van der Waals surface area contributed by atoms with E-state index in [0.717, 1.165) is 54.3 Å². The molecule has 0 bridgehead atoms. The van der Waals surface area contributed by atoms with Crippen LogP contribution >= 0.6 is 0 Å². The van der Waals surface area contributed by atoms with Gasteiger partial charge in [0.05, 0.1) is 5.69 Å². The van der Waals surface area contributed by atoms with Crippen LogP contribution in [0.1, 0.15) is 50.5 Å². The van der Waals surface area contributed by atoms with E-state index in [1.807, 2.05) is 0 Å². The summed E-state index contributed by atoms with van der Waals surface area (Å²) in [4.78, 5) is 4.99. The molecule has 0 aromatic heterocycles. The van der Waals surface area contributed by atoms with Crippen LogP contribution in [-0.2, 0) is 0 Å². The minimum atomic E-state index is 0.311. The van der Waals surface area contributed by atoms with Crippen LogP contribution in [0.2, 0.25) is 0 Å². The van der Waals surface area contributed by atoms with Crippen molar-refractivity contribution in [3.05, 3.63) is 241 Å². The highest BCUT2D eigenvalue weighted by Gasteiger charge is 2.56. The number of benzene rings is 8. The number of ether oxygens (including phenoxy) is 1. The Balaban J connectivity index is 0.891. The lowest BCUT2D eigenvalue weighted by Gasteiger charge is -2.35. The van der Waals surface area contributed by atoms with Crippen molar-refractivity contribution in [2.75, 3.05) is 9.80 Å². The highest BCUT2D eigenvalue weighted by atomic mass is 16.5. The smallest absolute Gasteiger partial charge is 0.137 e. The lowest BCUT2D eigenvalue weighted by atomic mass is 9.81. The lowest BCUT2D eigenvalue weighted by molar-refractivity contribution is 0.405. The zero-order valence-electron chi connectivity index (χ0n) is 37.0. The maximum absolute atomic E-state index is 7.14. The van der Waals surface area contributed by atoms with Crippen LogP contribution < -0.4 is 14.5 Å². The van der Waals surface area contributed by atoms with Gasteiger partial charge >= 0.3 is 0 Å². The lowest BCUT2D eigenvalue weighted by Crippen LogP contribution is -2.22. The van der Waals surface area contributed by atoms with Gasteiger partial charge in [-0.15, -0.1) is 0 Å². The third-order valence-electron chi connectivity index (χ3n) is 14.9. The van der Waals surface area contributed by atoms with E-state index in [-0.39, 0.29) is 0 Å². The Morgan fingerprint density at radius 3 is 1.83 bits per heavy atom. The van der Waals surface area contributed by atoms with E-state index in [0.29, 0.717) is 11.3 Å². The van der Waals surface area contributed by atoms with Crippen molar-refractivity contribution in [2.45, 2.75) is 44.9 Å². The third kappa shape index (κ3) is 6.72. The van der Waals surface area contributed by atoms with Crippen molar-refractivity contribution in [2.24, 2.45) is 11.3 Å². The van der Waals surface area contributed by atoms with Gasteiger partial charge in [0, 0.05) is 57.3 Å². The van der Waals surface area contributed by atoms with Gasteiger partial charge in [0.2, 0.25) is 0 Å². The summed E-state index contributed by atoms with van der Waals surface area (Å²) in [5, 5.41) is 4.88. The van der Waals surface area contributed by atoms with Gasteiger partial charge in [-0.1, -0.05) is 158 Å². The number of hydrogen-bond donors (Lipinski definition) is 0. The second kappa shape index (κ2) is 15.8. The molecule has 1 heterocycles. The number of anilines is 4.